The smallest absolute Gasteiger partial charge is 0.143 e. The number of aromatic amines is 1. The summed E-state index contributed by atoms with van der Waals surface area (Å²) in [4.78, 5) is 17.8. The molecular formula is C23H36N6O. The van der Waals surface area contributed by atoms with Gasteiger partial charge in [0.2, 0.25) is 0 Å². The first kappa shape index (κ1) is 20.2. The van der Waals surface area contributed by atoms with E-state index < -0.39 is 0 Å². The molecule has 0 radical (unpaired) electrons. The number of hydrogen-bond donors (Lipinski definition) is 2. The second kappa shape index (κ2) is 9.20. The minimum Gasteiger partial charge on any atom is -0.381 e. The van der Waals surface area contributed by atoms with Gasteiger partial charge in [-0.1, -0.05) is 6.92 Å². The second-order valence-electron chi connectivity index (χ2n) is 9.20. The SMILES string of the molecule is CCN1CCN([C@H]2CC[C@H](Nc3ncnc4[nH]cc(C5CCOCC5)c34)CC2)CC1. The Bertz CT molecular complexity index is 816. The van der Waals surface area contributed by atoms with E-state index in [2.05, 4.69) is 43.2 Å². The van der Waals surface area contributed by atoms with Gasteiger partial charge in [-0.25, -0.2) is 9.97 Å². The van der Waals surface area contributed by atoms with Crippen LogP contribution >= 0.6 is 0 Å². The van der Waals surface area contributed by atoms with Gasteiger partial charge in [0.1, 0.15) is 17.8 Å². The molecule has 3 fully saturated rings. The first-order valence-corrected chi connectivity index (χ1v) is 11.9. The third-order valence-corrected chi connectivity index (χ3v) is 7.57. The number of ether oxygens (including phenoxy) is 1. The van der Waals surface area contributed by atoms with Crippen molar-refractivity contribution in [2.24, 2.45) is 0 Å². The Labute approximate surface area is 179 Å². The lowest BCUT2D eigenvalue weighted by Crippen LogP contribution is -2.51. The highest BCUT2D eigenvalue weighted by molar-refractivity contribution is 5.90. The van der Waals surface area contributed by atoms with E-state index >= 15 is 0 Å². The lowest BCUT2D eigenvalue weighted by atomic mass is 9.89. The quantitative estimate of drug-likeness (QED) is 0.786. The fourth-order valence-corrected chi connectivity index (χ4v) is 5.65. The van der Waals surface area contributed by atoms with Crippen LogP contribution in [0.2, 0.25) is 0 Å². The van der Waals surface area contributed by atoms with Crippen LogP contribution in [0.5, 0.6) is 0 Å². The average molecular weight is 413 g/mol. The highest BCUT2D eigenvalue weighted by atomic mass is 16.5. The summed E-state index contributed by atoms with van der Waals surface area (Å²) in [6.07, 6.45) is 11.0. The van der Waals surface area contributed by atoms with Gasteiger partial charge in [0.25, 0.3) is 0 Å². The number of nitrogens with one attached hydrogen (secondary N) is 2. The fraction of sp³-hybridized carbons (Fsp3) is 0.739. The molecule has 0 aromatic carbocycles. The molecule has 2 aromatic heterocycles. The lowest BCUT2D eigenvalue weighted by Gasteiger charge is -2.42. The molecule has 1 saturated carbocycles. The summed E-state index contributed by atoms with van der Waals surface area (Å²) in [6, 6.07) is 1.27. The molecule has 2 aliphatic heterocycles. The Balaban J connectivity index is 1.23. The Kier molecular flexibility index (Phi) is 6.20. The maximum absolute atomic E-state index is 5.57. The highest BCUT2D eigenvalue weighted by Gasteiger charge is 2.29. The first-order valence-electron chi connectivity index (χ1n) is 11.9. The molecule has 0 unspecified atom stereocenters. The van der Waals surface area contributed by atoms with Crippen molar-refractivity contribution in [3.63, 3.8) is 0 Å². The van der Waals surface area contributed by atoms with Gasteiger partial charge in [0.15, 0.2) is 0 Å². The third-order valence-electron chi connectivity index (χ3n) is 7.57. The van der Waals surface area contributed by atoms with Crippen molar-refractivity contribution in [3.8, 4) is 0 Å². The minimum absolute atomic E-state index is 0.508. The van der Waals surface area contributed by atoms with Crippen molar-refractivity contribution in [1.82, 2.24) is 24.8 Å². The molecule has 30 heavy (non-hydrogen) atoms. The van der Waals surface area contributed by atoms with E-state index in [1.165, 1.54) is 69.4 Å². The molecule has 4 heterocycles. The number of anilines is 1. The van der Waals surface area contributed by atoms with E-state index in [9.17, 15) is 0 Å². The Hall–Kier alpha value is -1.70. The van der Waals surface area contributed by atoms with Crippen molar-refractivity contribution in [3.05, 3.63) is 18.1 Å². The predicted molar refractivity (Wildman–Crippen MR) is 120 cm³/mol. The van der Waals surface area contributed by atoms with Gasteiger partial charge in [0.05, 0.1) is 5.39 Å². The predicted octanol–water partition coefficient (Wildman–Crippen LogP) is 3.21. The molecule has 0 spiro atoms. The molecule has 2 saturated heterocycles. The fourth-order valence-electron chi connectivity index (χ4n) is 5.65. The molecule has 3 aliphatic rings. The van der Waals surface area contributed by atoms with Crippen LogP contribution in [0.3, 0.4) is 0 Å². The van der Waals surface area contributed by atoms with Crippen LogP contribution in [0, 0.1) is 0 Å². The van der Waals surface area contributed by atoms with E-state index in [-0.39, 0.29) is 0 Å². The summed E-state index contributed by atoms with van der Waals surface area (Å²) in [6.45, 7) is 10.1. The molecule has 0 atom stereocenters. The Morgan fingerprint density at radius 1 is 1.03 bits per heavy atom. The normalized spacial score (nSPS) is 27.5. The van der Waals surface area contributed by atoms with Gasteiger partial charge < -0.3 is 19.9 Å². The van der Waals surface area contributed by atoms with Crippen molar-refractivity contribution < 1.29 is 4.74 Å². The first-order chi connectivity index (χ1) is 14.8. The Morgan fingerprint density at radius 2 is 1.80 bits per heavy atom. The highest BCUT2D eigenvalue weighted by Crippen LogP contribution is 2.35. The van der Waals surface area contributed by atoms with Gasteiger partial charge in [0, 0.05) is 57.7 Å². The molecule has 5 rings (SSSR count). The third kappa shape index (κ3) is 4.20. The number of H-pyrrole nitrogens is 1. The van der Waals surface area contributed by atoms with Crippen molar-refractivity contribution in [2.75, 3.05) is 51.3 Å². The summed E-state index contributed by atoms with van der Waals surface area (Å²) < 4.78 is 5.57. The van der Waals surface area contributed by atoms with Crippen molar-refractivity contribution in [2.45, 2.75) is 63.5 Å². The molecule has 2 N–H and O–H groups in total. The second-order valence-corrected chi connectivity index (χ2v) is 9.20. The zero-order valence-electron chi connectivity index (χ0n) is 18.3. The number of fused-ring (bicyclic) bond motifs is 1. The molecule has 164 valence electrons. The van der Waals surface area contributed by atoms with Gasteiger partial charge in [-0.3, -0.25) is 4.90 Å². The van der Waals surface area contributed by atoms with E-state index in [0.717, 1.165) is 43.6 Å². The lowest BCUT2D eigenvalue weighted by molar-refractivity contribution is 0.0800. The van der Waals surface area contributed by atoms with Crippen LogP contribution in [-0.2, 0) is 4.74 Å². The van der Waals surface area contributed by atoms with Gasteiger partial charge in [-0.05, 0) is 56.6 Å². The number of likely N-dealkylation sites (N-methyl/N-ethyl adjacent to an activating group) is 1. The summed E-state index contributed by atoms with van der Waals surface area (Å²) in [5, 5.41) is 5.00. The van der Waals surface area contributed by atoms with E-state index in [1.54, 1.807) is 6.33 Å². The maximum atomic E-state index is 5.57. The van der Waals surface area contributed by atoms with Gasteiger partial charge in [-0.2, -0.15) is 0 Å². The molecule has 0 amide bonds. The monoisotopic (exact) mass is 412 g/mol. The molecule has 2 aromatic rings. The molecular weight excluding hydrogens is 376 g/mol. The summed E-state index contributed by atoms with van der Waals surface area (Å²) in [7, 11) is 0. The number of piperazine rings is 1. The maximum Gasteiger partial charge on any atom is 0.143 e. The van der Waals surface area contributed by atoms with E-state index in [1.807, 2.05) is 0 Å². The van der Waals surface area contributed by atoms with Crippen LogP contribution in [0.15, 0.2) is 12.5 Å². The van der Waals surface area contributed by atoms with Crippen molar-refractivity contribution in [1.29, 1.82) is 0 Å². The molecule has 7 nitrogen and oxygen atoms in total. The van der Waals surface area contributed by atoms with Crippen LogP contribution < -0.4 is 5.32 Å². The van der Waals surface area contributed by atoms with Crippen LogP contribution in [0.4, 0.5) is 5.82 Å². The number of rotatable bonds is 5. The standard InChI is InChI=1S/C23H36N6O/c1-2-28-9-11-29(12-10-28)19-5-3-18(4-6-19)27-23-21-20(17-7-13-30-14-8-17)15-24-22(21)25-16-26-23/h15-19H,2-14H2,1H3,(H2,24,25,26,27)/t18-,19-. The largest absolute Gasteiger partial charge is 0.381 e. The average Bonchev–Trinajstić information content (AvgIpc) is 3.26. The van der Waals surface area contributed by atoms with E-state index in [0.29, 0.717) is 12.0 Å². The van der Waals surface area contributed by atoms with Crippen molar-refractivity contribution >= 4 is 16.9 Å². The van der Waals surface area contributed by atoms with Crippen LogP contribution in [0.1, 0.15) is 56.9 Å². The Morgan fingerprint density at radius 3 is 2.53 bits per heavy atom. The number of aromatic nitrogens is 3. The van der Waals surface area contributed by atoms with Gasteiger partial charge >= 0.3 is 0 Å². The summed E-state index contributed by atoms with van der Waals surface area (Å²) in [5.74, 6) is 1.55. The van der Waals surface area contributed by atoms with Crippen LogP contribution in [-0.4, -0.2) is 82.8 Å². The summed E-state index contributed by atoms with van der Waals surface area (Å²) in [5.41, 5.74) is 2.32. The number of nitrogens with zero attached hydrogens (tertiary/aromatic N) is 4. The molecule has 1 aliphatic carbocycles. The topological polar surface area (TPSA) is 69.3 Å². The van der Waals surface area contributed by atoms with E-state index in [4.69, 9.17) is 4.74 Å². The zero-order chi connectivity index (χ0) is 20.3. The van der Waals surface area contributed by atoms with Gasteiger partial charge in [-0.15, -0.1) is 0 Å². The molecule has 0 bridgehead atoms. The number of hydrogen-bond acceptors (Lipinski definition) is 6. The molecule has 7 heteroatoms. The zero-order valence-corrected chi connectivity index (χ0v) is 18.3. The van der Waals surface area contributed by atoms with Crippen LogP contribution in [0.25, 0.3) is 11.0 Å². The summed E-state index contributed by atoms with van der Waals surface area (Å²) >= 11 is 0. The minimum atomic E-state index is 0.508.